The number of benzene rings is 1. The van der Waals surface area contributed by atoms with Crippen LogP contribution in [0.25, 0.3) is 0 Å². The summed E-state index contributed by atoms with van der Waals surface area (Å²) in [6, 6.07) is 8.16. The van der Waals surface area contributed by atoms with Crippen LogP contribution >= 0.6 is 0 Å². The van der Waals surface area contributed by atoms with Gasteiger partial charge in [0.05, 0.1) is 0 Å². The van der Waals surface area contributed by atoms with Crippen molar-refractivity contribution in [2.24, 2.45) is 0 Å². The molecule has 0 fully saturated rings. The zero-order chi connectivity index (χ0) is 19.6. The van der Waals surface area contributed by atoms with Gasteiger partial charge in [-0.05, 0) is 39.2 Å². The fourth-order valence-corrected chi connectivity index (χ4v) is 1.93. The van der Waals surface area contributed by atoms with E-state index in [-0.39, 0.29) is 19.4 Å². The van der Waals surface area contributed by atoms with E-state index in [4.69, 9.17) is 14.6 Å². The standard InChI is InChI=1S/C19H25NO6/c1-19(2,3)26-18(24)20-15(17(22)23)11-7-8-12-16(21)25-13-14-9-5-4-6-10-14/h4-6,8-10,12,15H,7,11,13H2,1-3H3,(H,20,24)(H,22,23)/b12-8+/t15-/m0/s1. The van der Waals surface area contributed by atoms with Gasteiger partial charge < -0.3 is 19.9 Å². The quantitative estimate of drug-likeness (QED) is 0.544. The second-order valence-corrected chi connectivity index (χ2v) is 6.61. The molecule has 1 aromatic rings. The molecular formula is C19H25NO6. The van der Waals surface area contributed by atoms with Gasteiger partial charge in [-0.15, -0.1) is 0 Å². The zero-order valence-electron chi connectivity index (χ0n) is 15.2. The Hall–Kier alpha value is -2.83. The number of carbonyl (C=O) groups is 3. The summed E-state index contributed by atoms with van der Waals surface area (Å²) >= 11 is 0. The molecule has 0 spiro atoms. The van der Waals surface area contributed by atoms with Gasteiger partial charge in [0.25, 0.3) is 0 Å². The van der Waals surface area contributed by atoms with Crippen LogP contribution < -0.4 is 5.32 Å². The Kier molecular flexibility index (Phi) is 8.34. The molecule has 1 atom stereocenters. The molecule has 0 heterocycles. The van der Waals surface area contributed by atoms with Crippen LogP contribution in [0.5, 0.6) is 0 Å². The van der Waals surface area contributed by atoms with E-state index in [0.29, 0.717) is 0 Å². The fraction of sp³-hybridized carbons (Fsp3) is 0.421. The molecule has 142 valence electrons. The Balaban J connectivity index is 2.37. The van der Waals surface area contributed by atoms with Crippen LogP contribution in [-0.2, 0) is 25.7 Å². The number of amides is 1. The largest absolute Gasteiger partial charge is 0.480 e. The molecule has 0 unspecified atom stereocenters. The van der Waals surface area contributed by atoms with Gasteiger partial charge in [0.15, 0.2) is 0 Å². The van der Waals surface area contributed by atoms with Crippen LogP contribution in [0.3, 0.4) is 0 Å². The molecule has 2 N–H and O–H groups in total. The molecule has 0 radical (unpaired) electrons. The number of hydrogen-bond donors (Lipinski definition) is 2. The van der Waals surface area contributed by atoms with Crippen molar-refractivity contribution >= 4 is 18.0 Å². The van der Waals surface area contributed by atoms with E-state index in [9.17, 15) is 14.4 Å². The molecule has 7 heteroatoms. The lowest BCUT2D eigenvalue weighted by molar-refractivity contribution is -0.140. The number of alkyl carbamates (subject to hydrolysis) is 1. The van der Waals surface area contributed by atoms with Gasteiger partial charge in [0.1, 0.15) is 18.2 Å². The highest BCUT2D eigenvalue weighted by atomic mass is 16.6. The molecule has 1 aromatic carbocycles. The molecule has 26 heavy (non-hydrogen) atoms. The number of esters is 1. The van der Waals surface area contributed by atoms with Crippen molar-refractivity contribution in [3.05, 3.63) is 48.0 Å². The number of carboxylic acid groups (broad SMARTS) is 1. The molecule has 0 aliphatic carbocycles. The number of nitrogens with one attached hydrogen (secondary N) is 1. The van der Waals surface area contributed by atoms with Crippen LogP contribution in [0.2, 0.25) is 0 Å². The van der Waals surface area contributed by atoms with Crippen molar-refractivity contribution in [1.29, 1.82) is 0 Å². The normalized spacial score (nSPS) is 12.4. The number of carbonyl (C=O) groups excluding carboxylic acids is 2. The maximum absolute atomic E-state index is 11.6. The maximum atomic E-state index is 11.6. The SMILES string of the molecule is CC(C)(C)OC(=O)N[C@@H](CC/C=C/C(=O)OCc1ccccc1)C(=O)O. The first-order valence-electron chi connectivity index (χ1n) is 8.27. The predicted molar refractivity (Wildman–Crippen MR) is 95.4 cm³/mol. The summed E-state index contributed by atoms with van der Waals surface area (Å²) in [4.78, 5) is 34.5. The van der Waals surface area contributed by atoms with Gasteiger partial charge in [-0.1, -0.05) is 36.4 Å². The summed E-state index contributed by atoms with van der Waals surface area (Å²) in [6.07, 6.45) is 2.37. The maximum Gasteiger partial charge on any atom is 0.408 e. The van der Waals surface area contributed by atoms with Gasteiger partial charge in [0.2, 0.25) is 0 Å². The molecule has 0 aliphatic heterocycles. The fourth-order valence-electron chi connectivity index (χ4n) is 1.93. The Morgan fingerprint density at radius 1 is 1.19 bits per heavy atom. The van der Waals surface area contributed by atoms with Crippen LogP contribution in [-0.4, -0.2) is 34.8 Å². The Labute approximate surface area is 153 Å². The van der Waals surface area contributed by atoms with Gasteiger partial charge in [-0.25, -0.2) is 14.4 Å². The van der Waals surface area contributed by atoms with Crippen LogP contribution in [0.15, 0.2) is 42.5 Å². The van der Waals surface area contributed by atoms with E-state index in [2.05, 4.69) is 5.32 Å². The molecule has 1 amide bonds. The Morgan fingerprint density at radius 3 is 2.42 bits per heavy atom. The van der Waals surface area contributed by atoms with E-state index in [0.717, 1.165) is 5.56 Å². The summed E-state index contributed by atoms with van der Waals surface area (Å²) in [6.45, 7) is 5.23. The summed E-state index contributed by atoms with van der Waals surface area (Å²) in [5.41, 5.74) is 0.164. The van der Waals surface area contributed by atoms with Crippen LogP contribution in [0.1, 0.15) is 39.2 Å². The number of allylic oxidation sites excluding steroid dienone is 1. The Morgan fingerprint density at radius 2 is 1.85 bits per heavy atom. The third-order valence-electron chi connectivity index (χ3n) is 3.09. The number of ether oxygens (including phenoxy) is 2. The van der Waals surface area contributed by atoms with Crippen molar-refractivity contribution < 1.29 is 29.0 Å². The van der Waals surface area contributed by atoms with Crippen molar-refractivity contribution in [2.45, 2.75) is 51.9 Å². The first-order chi connectivity index (χ1) is 12.2. The first-order valence-corrected chi connectivity index (χ1v) is 8.27. The lowest BCUT2D eigenvalue weighted by Gasteiger charge is -2.21. The third kappa shape index (κ3) is 9.46. The van der Waals surface area contributed by atoms with E-state index in [1.807, 2.05) is 30.3 Å². The minimum absolute atomic E-state index is 0.122. The van der Waals surface area contributed by atoms with Crippen LogP contribution in [0.4, 0.5) is 4.79 Å². The zero-order valence-corrected chi connectivity index (χ0v) is 15.2. The molecule has 0 bridgehead atoms. The highest BCUT2D eigenvalue weighted by Gasteiger charge is 2.23. The minimum atomic E-state index is -1.17. The molecule has 7 nitrogen and oxygen atoms in total. The lowest BCUT2D eigenvalue weighted by Crippen LogP contribution is -2.43. The van der Waals surface area contributed by atoms with Crippen molar-refractivity contribution in [3.8, 4) is 0 Å². The second-order valence-electron chi connectivity index (χ2n) is 6.61. The third-order valence-corrected chi connectivity index (χ3v) is 3.09. The van der Waals surface area contributed by atoms with E-state index >= 15 is 0 Å². The van der Waals surface area contributed by atoms with Crippen molar-refractivity contribution in [3.63, 3.8) is 0 Å². The summed E-state index contributed by atoms with van der Waals surface area (Å²) < 4.78 is 10.1. The first kappa shape index (κ1) is 21.2. The summed E-state index contributed by atoms with van der Waals surface area (Å²) in [7, 11) is 0. The highest BCUT2D eigenvalue weighted by molar-refractivity contribution is 5.82. The minimum Gasteiger partial charge on any atom is -0.480 e. The highest BCUT2D eigenvalue weighted by Crippen LogP contribution is 2.08. The Bertz CT molecular complexity index is 633. The summed E-state index contributed by atoms with van der Waals surface area (Å²) in [5.74, 6) is -1.68. The number of carboxylic acids is 1. The molecule has 0 aromatic heterocycles. The number of aliphatic carboxylic acids is 1. The van der Waals surface area contributed by atoms with Crippen molar-refractivity contribution in [2.75, 3.05) is 0 Å². The molecule has 0 saturated carbocycles. The molecule has 0 saturated heterocycles. The summed E-state index contributed by atoms with van der Waals surface area (Å²) in [5, 5.41) is 11.5. The number of rotatable bonds is 8. The number of hydrogen-bond acceptors (Lipinski definition) is 5. The van der Waals surface area contributed by atoms with Gasteiger partial charge >= 0.3 is 18.0 Å². The molecule has 0 aliphatic rings. The molecular weight excluding hydrogens is 338 g/mol. The monoisotopic (exact) mass is 363 g/mol. The topological polar surface area (TPSA) is 102 Å². The second kappa shape index (κ2) is 10.2. The smallest absolute Gasteiger partial charge is 0.408 e. The van der Waals surface area contributed by atoms with Gasteiger partial charge in [0, 0.05) is 6.08 Å². The lowest BCUT2D eigenvalue weighted by atomic mass is 10.1. The average molecular weight is 363 g/mol. The predicted octanol–water partition coefficient (Wildman–Crippen LogP) is 3.04. The van der Waals surface area contributed by atoms with E-state index < -0.39 is 29.7 Å². The van der Waals surface area contributed by atoms with Crippen molar-refractivity contribution in [1.82, 2.24) is 5.32 Å². The molecule has 1 rings (SSSR count). The van der Waals surface area contributed by atoms with E-state index in [1.54, 1.807) is 20.8 Å². The van der Waals surface area contributed by atoms with Gasteiger partial charge in [-0.3, -0.25) is 0 Å². The average Bonchev–Trinajstić information content (AvgIpc) is 2.54. The van der Waals surface area contributed by atoms with E-state index in [1.165, 1.54) is 12.2 Å². The van der Waals surface area contributed by atoms with Gasteiger partial charge in [-0.2, -0.15) is 0 Å². The van der Waals surface area contributed by atoms with Crippen LogP contribution in [0, 0.1) is 0 Å².